The van der Waals surface area contributed by atoms with E-state index >= 15 is 0 Å². The van der Waals surface area contributed by atoms with E-state index in [1.807, 2.05) is 0 Å². The SMILES string of the molecule is C=C(Cl)C(CC)CCC. The number of hydrogen-bond acceptors (Lipinski definition) is 0. The Kier molecular flexibility index (Phi) is 4.88. The second kappa shape index (κ2) is 4.87. The van der Waals surface area contributed by atoms with Crippen molar-refractivity contribution in [2.75, 3.05) is 0 Å². The molecule has 0 aliphatic heterocycles. The number of allylic oxidation sites excluding steroid dienone is 1. The smallest absolute Gasteiger partial charge is 0.0140 e. The first kappa shape index (κ1) is 9.03. The maximum Gasteiger partial charge on any atom is 0.0140 e. The molecule has 0 aromatic carbocycles. The molecule has 0 rings (SSSR count). The van der Waals surface area contributed by atoms with Crippen molar-refractivity contribution in [3.63, 3.8) is 0 Å². The highest BCUT2D eigenvalue weighted by atomic mass is 35.5. The second-order valence-electron chi connectivity index (χ2n) is 2.34. The van der Waals surface area contributed by atoms with Gasteiger partial charge in [0.05, 0.1) is 0 Å². The van der Waals surface area contributed by atoms with Crippen LogP contribution in [0, 0.1) is 5.92 Å². The van der Waals surface area contributed by atoms with E-state index in [0.29, 0.717) is 5.92 Å². The van der Waals surface area contributed by atoms with E-state index in [0.717, 1.165) is 11.5 Å². The first-order valence-electron chi connectivity index (χ1n) is 3.56. The molecule has 0 spiro atoms. The van der Waals surface area contributed by atoms with Crippen molar-refractivity contribution < 1.29 is 0 Å². The van der Waals surface area contributed by atoms with Crippen LogP contribution in [0.15, 0.2) is 11.6 Å². The summed E-state index contributed by atoms with van der Waals surface area (Å²) in [4.78, 5) is 0. The third-order valence-electron chi connectivity index (χ3n) is 1.57. The van der Waals surface area contributed by atoms with Gasteiger partial charge in [0, 0.05) is 5.03 Å². The molecular formula is C8H15Cl. The highest BCUT2D eigenvalue weighted by molar-refractivity contribution is 6.29. The summed E-state index contributed by atoms with van der Waals surface area (Å²) in [5.74, 6) is 0.539. The molecule has 0 saturated carbocycles. The lowest BCUT2D eigenvalue weighted by Crippen LogP contribution is -1.96. The van der Waals surface area contributed by atoms with Gasteiger partial charge in [-0.05, 0) is 18.8 Å². The van der Waals surface area contributed by atoms with Gasteiger partial charge in [-0.2, -0.15) is 0 Å². The molecule has 1 heteroatoms. The van der Waals surface area contributed by atoms with Crippen LogP contribution in [0.5, 0.6) is 0 Å². The van der Waals surface area contributed by atoms with Crippen molar-refractivity contribution in [2.24, 2.45) is 5.92 Å². The molecule has 0 nitrogen and oxygen atoms in total. The molecule has 0 N–H and O–H groups in total. The Morgan fingerprint density at radius 2 is 2.11 bits per heavy atom. The number of rotatable bonds is 4. The molecule has 0 heterocycles. The zero-order valence-electron chi connectivity index (χ0n) is 6.28. The summed E-state index contributed by atoms with van der Waals surface area (Å²) in [5.41, 5.74) is 0. The lowest BCUT2D eigenvalue weighted by Gasteiger charge is -2.09. The van der Waals surface area contributed by atoms with Gasteiger partial charge in [-0.25, -0.2) is 0 Å². The molecule has 0 radical (unpaired) electrons. The molecule has 0 fully saturated rings. The van der Waals surface area contributed by atoms with Crippen molar-refractivity contribution in [1.82, 2.24) is 0 Å². The Morgan fingerprint density at radius 3 is 2.22 bits per heavy atom. The summed E-state index contributed by atoms with van der Waals surface area (Å²) >= 11 is 5.73. The zero-order chi connectivity index (χ0) is 7.28. The molecule has 0 aromatic rings. The van der Waals surface area contributed by atoms with Crippen LogP contribution in [0.4, 0.5) is 0 Å². The van der Waals surface area contributed by atoms with Crippen LogP contribution in [-0.4, -0.2) is 0 Å². The Labute approximate surface area is 62.9 Å². The summed E-state index contributed by atoms with van der Waals surface area (Å²) in [5, 5.41) is 0.819. The minimum absolute atomic E-state index is 0.539. The lowest BCUT2D eigenvalue weighted by molar-refractivity contribution is 0.555. The van der Waals surface area contributed by atoms with Gasteiger partial charge >= 0.3 is 0 Å². The fraction of sp³-hybridized carbons (Fsp3) is 0.750. The van der Waals surface area contributed by atoms with Gasteiger partial charge in [-0.3, -0.25) is 0 Å². The van der Waals surface area contributed by atoms with E-state index in [4.69, 9.17) is 11.6 Å². The minimum atomic E-state index is 0.539. The fourth-order valence-electron chi connectivity index (χ4n) is 0.931. The van der Waals surface area contributed by atoms with Gasteiger partial charge in [-0.1, -0.05) is 38.4 Å². The van der Waals surface area contributed by atoms with Crippen molar-refractivity contribution in [2.45, 2.75) is 33.1 Å². The summed E-state index contributed by atoms with van der Waals surface area (Å²) in [6, 6.07) is 0. The molecule has 0 amide bonds. The van der Waals surface area contributed by atoms with E-state index in [1.165, 1.54) is 12.8 Å². The van der Waals surface area contributed by atoms with Gasteiger partial charge in [0.2, 0.25) is 0 Å². The normalized spacial score (nSPS) is 13.2. The topological polar surface area (TPSA) is 0 Å². The van der Waals surface area contributed by atoms with E-state index in [2.05, 4.69) is 20.4 Å². The standard InChI is InChI=1S/C8H15Cl/c1-4-6-8(5-2)7(3)9/h8H,3-6H2,1-2H3. The predicted octanol–water partition coefficient (Wildman–Crippen LogP) is 3.57. The number of halogens is 1. The first-order valence-corrected chi connectivity index (χ1v) is 3.94. The van der Waals surface area contributed by atoms with Crippen LogP contribution in [-0.2, 0) is 0 Å². The Bertz CT molecular complexity index is 86.6. The highest BCUT2D eigenvalue weighted by Crippen LogP contribution is 2.21. The van der Waals surface area contributed by atoms with Crippen LogP contribution < -0.4 is 0 Å². The van der Waals surface area contributed by atoms with E-state index in [-0.39, 0.29) is 0 Å². The average molecular weight is 147 g/mol. The maximum atomic E-state index is 5.73. The molecule has 0 saturated heterocycles. The molecular weight excluding hydrogens is 132 g/mol. The zero-order valence-corrected chi connectivity index (χ0v) is 7.04. The molecule has 54 valence electrons. The van der Waals surface area contributed by atoms with Crippen LogP contribution >= 0.6 is 11.6 Å². The van der Waals surface area contributed by atoms with Gasteiger partial charge in [0.1, 0.15) is 0 Å². The van der Waals surface area contributed by atoms with E-state index in [1.54, 1.807) is 0 Å². The summed E-state index contributed by atoms with van der Waals surface area (Å²) in [6.07, 6.45) is 3.50. The molecule has 0 aliphatic carbocycles. The number of hydrogen-bond donors (Lipinski definition) is 0. The van der Waals surface area contributed by atoms with E-state index in [9.17, 15) is 0 Å². The quantitative estimate of drug-likeness (QED) is 0.569. The first-order chi connectivity index (χ1) is 4.22. The monoisotopic (exact) mass is 146 g/mol. The van der Waals surface area contributed by atoms with E-state index < -0.39 is 0 Å². The summed E-state index contributed by atoms with van der Waals surface area (Å²) in [6.45, 7) is 8.03. The van der Waals surface area contributed by atoms with Crippen molar-refractivity contribution in [3.05, 3.63) is 11.6 Å². The molecule has 0 bridgehead atoms. The third-order valence-corrected chi connectivity index (χ3v) is 1.88. The molecule has 0 aromatic heterocycles. The van der Waals surface area contributed by atoms with Gasteiger partial charge in [0.15, 0.2) is 0 Å². The van der Waals surface area contributed by atoms with Crippen molar-refractivity contribution >= 4 is 11.6 Å². The summed E-state index contributed by atoms with van der Waals surface area (Å²) < 4.78 is 0. The lowest BCUT2D eigenvalue weighted by atomic mass is 10.0. The molecule has 0 aliphatic rings. The predicted molar refractivity (Wildman–Crippen MR) is 43.7 cm³/mol. The second-order valence-corrected chi connectivity index (χ2v) is 2.83. The third kappa shape index (κ3) is 3.58. The van der Waals surface area contributed by atoms with Crippen LogP contribution in [0.25, 0.3) is 0 Å². The van der Waals surface area contributed by atoms with Gasteiger partial charge in [-0.15, -0.1) is 0 Å². The Morgan fingerprint density at radius 1 is 1.56 bits per heavy atom. The van der Waals surface area contributed by atoms with Crippen LogP contribution in [0.1, 0.15) is 33.1 Å². The molecule has 1 unspecified atom stereocenters. The highest BCUT2D eigenvalue weighted by Gasteiger charge is 2.05. The van der Waals surface area contributed by atoms with Crippen molar-refractivity contribution in [3.8, 4) is 0 Å². The largest absolute Gasteiger partial charge is 0.0895 e. The Hall–Kier alpha value is 0.0300. The van der Waals surface area contributed by atoms with Crippen molar-refractivity contribution in [1.29, 1.82) is 0 Å². The fourth-order valence-corrected chi connectivity index (χ4v) is 1.19. The van der Waals surface area contributed by atoms with Gasteiger partial charge < -0.3 is 0 Å². The summed E-state index contributed by atoms with van der Waals surface area (Å²) in [7, 11) is 0. The van der Waals surface area contributed by atoms with Gasteiger partial charge in [0.25, 0.3) is 0 Å². The maximum absolute atomic E-state index is 5.73. The van der Waals surface area contributed by atoms with Crippen LogP contribution in [0.2, 0.25) is 0 Å². The average Bonchev–Trinajstić information content (AvgIpc) is 1.82. The molecule has 9 heavy (non-hydrogen) atoms. The minimum Gasteiger partial charge on any atom is -0.0895 e. The Balaban J connectivity index is 3.54. The molecule has 1 atom stereocenters. The van der Waals surface area contributed by atoms with Crippen LogP contribution in [0.3, 0.4) is 0 Å².